The van der Waals surface area contributed by atoms with Crippen LogP contribution in [0.25, 0.3) is 0 Å². The molecule has 0 atom stereocenters. The Balaban J connectivity index is 5.03. The van der Waals surface area contributed by atoms with Crippen LogP contribution in [0.4, 0.5) is 26.3 Å². The molecule has 0 aromatic heterocycles. The quantitative estimate of drug-likeness (QED) is 0.664. The van der Waals surface area contributed by atoms with Gasteiger partial charge in [-0.25, -0.2) is 8.78 Å². The van der Waals surface area contributed by atoms with Crippen LogP contribution in [0.15, 0.2) is 10.6 Å². The van der Waals surface area contributed by atoms with E-state index in [1.165, 1.54) is 0 Å². The molecular weight excluding hydrogens is 245 g/mol. The number of rotatable bonds is 3. The minimum absolute atomic E-state index is 0.0855. The van der Waals surface area contributed by atoms with Crippen LogP contribution < -0.4 is 0 Å². The normalized spacial score (nSPS) is 15.3. The average molecular weight is 247 g/mol. The second kappa shape index (κ2) is 3.96. The second-order valence-electron chi connectivity index (χ2n) is 1.96. The van der Waals surface area contributed by atoms with Crippen LogP contribution in [0.2, 0.25) is 0 Å². The number of hydrogen-bond acceptors (Lipinski definition) is 0. The van der Waals surface area contributed by atoms with Gasteiger partial charge in [0, 0.05) is 5.54 Å². The van der Waals surface area contributed by atoms with E-state index in [4.69, 9.17) is 0 Å². The van der Waals surface area contributed by atoms with Crippen molar-refractivity contribution in [2.45, 2.75) is 18.3 Å². The van der Waals surface area contributed by atoms with Gasteiger partial charge in [-0.05, 0) is 0 Å². The standard InChI is InChI=1S/C5H2Cl2F6/c6-1-2(7)4(10,11)5(12,13)3(8)9/h1,3H/b2-1+. The third-order valence-corrected chi connectivity index (χ3v) is 1.76. The molecule has 0 saturated carbocycles. The lowest BCUT2D eigenvalue weighted by atomic mass is 10.2. The zero-order chi connectivity index (χ0) is 10.9. The summed E-state index contributed by atoms with van der Waals surface area (Å²) in [5, 5.41) is -1.83. The number of allylic oxidation sites excluding steroid dienone is 1. The Morgan fingerprint density at radius 2 is 1.54 bits per heavy atom. The maximum Gasteiger partial charge on any atom is 0.374 e. The van der Waals surface area contributed by atoms with Gasteiger partial charge in [0.25, 0.3) is 0 Å². The first-order valence-electron chi connectivity index (χ1n) is 2.68. The van der Waals surface area contributed by atoms with Gasteiger partial charge in [0.15, 0.2) is 0 Å². The van der Waals surface area contributed by atoms with Gasteiger partial charge >= 0.3 is 18.3 Å². The Morgan fingerprint density at radius 3 is 1.77 bits per heavy atom. The molecule has 0 saturated heterocycles. The zero-order valence-electron chi connectivity index (χ0n) is 5.68. The first-order valence-corrected chi connectivity index (χ1v) is 3.49. The Bertz CT molecular complexity index is 211. The van der Waals surface area contributed by atoms with E-state index in [0.717, 1.165) is 0 Å². The molecule has 8 heteroatoms. The predicted molar refractivity (Wildman–Crippen MR) is 35.7 cm³/mol. The second-order valence-corrected chi connectivity index (χ2v) is 2.58. The average Bonchev–Trinajstić information content (AvgIpc) is 2.02. The third kappa shape index (κ3) is 2.22. The van der Waals surface area contributed by atoms with Gasteiger partial charge in [0.05, 0.1) is 0 Å². The SMILES string of the molecule is FC(F)C(F)(F)C(F)(F)/C(Cl)=C\Cl. The Labute approximate surface area is 79.1 Å². The Kier molecular flexibility index (Phi) is 3.93. The highest BCUT2D eigenvalue weighted by atomic mass is 35.5. The summed E-state index contributed by atoms with van der Waals surface area (Å²) in [6.07, 6.45) is -4.52. The minimum Gasteiger partial charge on any atom is -0.203 e. The first kappa shape index (κ1) is 12.9. The van der Waals surface area contributed by atoms with E-state index in [0.29, 0.717) is 0 Å². The van der Waals surface area contributed by atoms with Crippen LogP contribution in [0, 0.1) is 0 Å². The van der Waals surface area contributed by atoms with E-state index in [-0.39, 0.29) is 5.54 Å². The summed E-state index contributed by atoms with van der Waals surface area (Å²) in [6.45, 7) is 0. The third-order valence-electron chi connectivity index (χ3n) is 1.09. The van der Waals surface area contributed by atoms with Gasteiger partial charge in [-0.3, -0.25) is 0 Å². The molecule has 0 bridgehead atoms. The van der Waals surface area contributed by atoms with Gasteiger partial charge in [-0.2, -0.15) is 17.6 Å². The molecule has 0 nitrogen and oxygen atoms in total. The van der Waals surface area contributed by atoms with E-state index in [2.05, 4.69) is 23.2 Å². The topological polar surface area (TPSA) is 0 Å². The highest BCUT2D eigenvalue weighted by Crippen LogP contribution is 2.45. The van der Waals surface area contributed by atoms with Crippen molar-refractivity contribution in [3.05, 3.63) is 10.6 Å². The molecule has 0 fully saturated rings. The summed E-state index contributed by atoms with van der Waals surface area (Å²) in [7, 11) is 0. The Hall–Kier alpha value is -0.100. The Morgan fingerprint density at radius 1 is 1.15 bits per heavy atom. The fraction of sp³-hybridized carbons (Fsp3) is 0.600. The molecule has 0 amide bonds. The van der Waals surface area contributed by atoms with Crippen LogP contribution in [0.5, 0.6) is 0 Å². The zero-order valence-corrected chi connectivity index (χ0v) is 7.19. The van der Waals surface area contributed by atoms with E-state index in [1.807, 2.05) is 0 Å². The van der Waals surface area contributed by atoms with Crippen molar-refractivity contribution in [3.63, 3.8) is 0 Å². The van der Waals surface area contributed by atoms with Crippen LogP contribution >= 0.6 is 23.2 Å². The summed E-state index contributed by atoms with van der Waals surface area (Å²) in [6, 6.07) is 0. The van der Waals surface area contributed by atoms with E-state index >= 15 is 0 Å². The molecule has 0 spiro atoms. The van der Waals surface area contributed by atoms with Gasteiger partial charge in [-0.15, -0.1) is 0 Å². The fourth-order valence-electron chi connectivity index (χ4n) is 0.365. The molecule has 0 aromatic rings. The molecule has 0 heterocycles. The number of hydrogen-bond donors (Lipinski definition) is 0. The molecule has 0 aliphatic heterocycles. The van der Waals surface area contributed by atoms with Crippen LogP contribution in [-0.4, -0.2) is 18.3 Å². The monoisotopic (exact) mass is 246 g/mol. The molecular formula is C5H2Cl2F6. The lowest BCUT2D eigenvalue weighted by molar-refractivity contribution is -0.243. The number of alkyl halides is 6. The van der Waals surface area contributed by atoms with Crippen molar-refractivity contribution < 1.29 is 26.3 Å². The summed E-state index contributed by atoms with van der Waals surface area (Å²) < 4.78 is 71.7. The summed E-state index contributed by atoms with van der Waals surface area (Å²) in [5.74, 6) is -10.7. The van der Waals surface area contributed by atoms with E-state index in [9.17, 15) is 26.3 Å². The van der Waals surface area contributed by atoms with Gasteiger partial charge in [-0.1, -0.05) is 23.2 Å². The smallest absolute Gasteiger partial charge is 0.203 e. The van der Waals surface area contributed by atoms with Crippen molar-refractivity contribution >= 4 is 23.2 Å². The van der Waals surface area contributed by atoms with Crippen molar-refractivity contribution in [1.29, 1.82) is 0 Å². The van der Waals surface area contributed by atoms with E-state index < -0.39 is 23.3 Å². The lowest BCUT2D eigenvalue weighted by Crippen LogP contribution is -2.46. The van der Waals surface area contributed by atoms with E-state index in [1.54, 1.807) is 0 Å². The molecule has 0 aliphatic rings. The highest BCUT2D eigenvalue weighted by molar-refractivity contribution is 6.37. The lowest BCUT2D eigenvalue weighted by Gasteiger charge is -2.24. The predicted octanol–water partition coefficient (Wildman–Crippen LogP) is 3.84. The molecule has 0 radical (unpaired) electrons. The van der Waals surface area contributed by atoms with Crippen molar-refractivity contribution in [2.75, 3.05) is 0 Å². The molecule has 13 heavy (non-hydrogen) atoms. The van der Waals surface area contributed by atoms with Crippen LogP contribution in [-0.2, 0) is 0 Å². The molecule has 78 valence electrons. The van der Waals surface area contributed by atoms with Gasteiger partial charge in [0.2, 0.25) is 0 Å². The minimum atomic E-state index is -5.53. The first-order chi connectivity index (χ1) is 5.67. The number of halogens is 8. The molecule has 0 aliphatic carbocycles. The largest absolute Gasteiger partial charge is 0.374 e. The fourth-order valence-corrected chi connectivity index (χ4v) is 0.628. The van der Waals surface area contributed by atoms with Crippen molar-refractivity contribution in [3.8, 4) is 0 Å². The maximum atomic E-state index is 12.3. The summed E-state index contributed by atoms with van der Waals surface area (Å²) in [5.41, 5.74) is -0.0855. The maximum absolute atomic E-state index is 12.3. The molecule has 0 unspecified atom stereocenters. The van der Waals surface area contributed by atoms with Crippen LogP contribution in [0.1, 0.15) is 0 Å². The van der Waals surface area contributed by atoms with Gasteiger partial charge < -0.3 is 0 Å². The molecule has 0 aromatic carbocycles. The van der Waals surface area contributed by atoms with Crippen molar-refractivity contribution in [1.82, 2.24) is 0 Å². The van der Waals surface area contributed by atoms with Gasteiger partial charge in [0.1, 0.15) is 5.03 Å². The van der Waals surface area contributed by atoms with Crippen LogP contribution in [0.3, 0.4) is 0 Å². The highest BCUT2D eigenvalue weighted by Gasteiger charge is 2.64. The molecule has 0 rings (SSSR count). The molecule has 0 N–H and O–H groups in total. The summed E-state index contributed by atoms with van der Waals surface area (Å²) >= 11 is 9.15. The van der Waals surface area contributed by atoms with Crippen molar-refractivity contribution in [2.24, 2.45) is 0 Å². The summed E-state index contributed by atoms with van der Waals surface area (Å²) in [4.78, 5) is 0.